The maximum Gasteiger partial charge on any atom is 0.306 e. The molecule has 70 heavy (non-hydrogen) atoms. The van der Waals surface area contributed by atoms with Gasteiger partial charge in [0.2, 0.25) is 0 Å². The molecule has 0 heterocycles. The van der Waals surface area contributed by atoms with Crippen molar-refractivity contribution < 1.29 is 28.6 Å². The predicted octanol–water partition coefficient (Wildman–Crippen LogP) is 19.9. The first-order valence-corrected chi connectivity index (χ1v) is 29.6. The van der Waals surface area contributed by atoms with Crippen LogP contribution in [-0.2, 0) is 28.6 Å². The Labute approximate surface area is 433 Å². The lowest BCUT2D eigenvalue weighted by molar-refractivity contribution is -0.167. The Morgan fingerprint density at radius 2 is 0.557 bits per heavy atom. The van der Waals surface area contributed by atoms with Crippen molar-refractivity contribution in [1.82, 2.24) is 0 Å². The number of esters is 3. The number of unbranched alkanes of at least 4 members (excludes halogenated alkanes) is 28. The Balaban J connectivity index is 4.31. The molecule has 0 saturated carbocycles. The summed E-state index contributed by atoms with van der Waals surface area (Å²) in [5, 5.41) is 0. The van der Waals surface area contributed by atoms with Gasteiger partial charge in [0, 0.05) is 19.3 Å². The van der Waals surface area contributed by atoms with Crippen LogP contribution >= 0.6 is 0 Å². The average Bonchev–Trinajstić information content (AvgIpc) is 3.36. The van der Waals surface area contributed by atoms with Crippen LogP contribution in [0.2, 0.25) is 0 Å². The fraction of sp³-hybridized carbons (Fsp3) is 0.734. The van der Waals surface area contributed by atoms with Crippen molar-refractivity contribution in [2.75, 3.05) is 13.2 Å². The average molecular weight is 976 g/mol. The highest BCUT2D eigenvalue weighted by Crippen LogP contribution is 2.16. The molecule has 1 atom stereocenters. The number of carbonyl (C=O) groups is 3. The topological polar surface area (TPSA) is 78.9 Å². The third-order valence-corrected chi connectivity index (χ3v) is 12.7. The molecule has 6 nitrogen and oxygen atoms in total. The summed E-state index contributed by atoms with van der Waals surface area (Å²) in [6.45, 7) is 6.52. The molecule has 0 aliphatic heterocycles. The zero-order chi connectivity index (χ0) is 50.7. The quantitative estimate of drug-likeness (QED) is 0.0261. The molecule has 0 radical (unpaired) electrons. The molecule has 402 valence electrons. The first-order chi connectivity index (χ1) is 34.5. The van der Waals surface area contributed by atoms with Crippen molar-refractivity contribution in [2.24, 2.45) is 0 Å². The Bertz CT molecular complexity index is 1350. The summed E-state index contributed by atoms with van der Waals surface area (Å²) in [5.74, 6) is -0.890. The van der Waals surface area contributed by atoms with E-state index < -0.39 is 6.10 Å². The van der Waals surface area contributed by atoms with Crippen LogP contribution in [0.25, 0.3) is 0 Å². The molecular formula is C64H110O6. The van der Waals surface area contributed by atoms with E-state index in [1.54, 1.807) is 0 Å². The Hall–Kier alpha value is -3.41. The summed E-state index contributed by atoms with van der Waals surface area (Å²) in [7, 11) is 0. The molecule has 0 spiro atoms. The van der Waals surface area contributed by atoms with Crippen molar-refractivity contribution in [2.45, 2.75) is 290 Å². The summed E-state index contributed by atoms with van der Waals surface area (Å²) < 4.78 is 16.8. The Morgan fingerprint density at radius 3 is 0.871 bits per heavy atom. The number of allylic oxidation sites excluding steroid dienone is 14. The summed E-state index contributed by atoms with van der Waals surface area (Å²) in [4.78, 5) is 38.1. The van der Waals surface area contributed by atoms with Gasteiger partial charge in [-0.25, -0.2) is 0 Å². The second kappa shape index (κ2) is 58.2. The van der Waals surface area contributed by atoms with E-state index in [1.807, 2.05) is 0 Å². The lowest BCUT2D eigenvalue weighted by Crippen LogP contribution is -2.30. The lowest BCUT2D eigenvalue weighted by Gasteiger charge is -2.18. The zero-order valence-corrected chi connectivity index (χ0v) is 46.0. The van der Waals surface area contributed by atoms with Gasteiger partial charge in [-0.1, -0.05) is 273 Å². The second-order valence-corrected chi connectivity index (χ2v) is 19.5. The van der Waals surface area contributed by atoms with Gasteiger partial charge in [0.25, 0.3) is 0 Å². The largest absolute Gasteiger partial charge is 0.462 e. The van der Waals surface area contributed by atoms with Gasteiger partial charge in [-0.15, -0.1) is 0 Å². The number of carbonyl (C=O) groups excluding carboxylic acids is 3. The van der Waals surface area contributed by atoms with Crippen LogP contribution in [0.5, 0.6) is 0 Å². The van der Waals surface area contributed by atoms with Gasteiger partial charge in [-0.3, -0.25) is 14.4 Å². The summed E-state index contributed by atoms with van der Waals surface area (Å²) in [5.41, 5.74) is 0. The van der Waals surface area contributed by atoms with E-state index in [0.717, 1.165) is 122 Å². The van der Waals surface area contributed by atoms with Crippen LogP contribution < -0.4 is 0 Å². The maximum atomic E-state index is 12.8. The van der Waals surface area contributed by atoms with Crippen molar-refractivity contribution in [3.63, 3.8) is 0 Å². The van der Waals surface area contributed by atoms with Gasteiger partial charge >= 0.3 is 17.9 Å². The fourth-order valence-electron chi connectivity index (χ4n) is 8.25. The summed E-state index contributed by atoms with van der Waals surface area (Å²) in [6, 6.07) is 0. The molecular weight excluding hydrogens is 865 g/mol. The highest BCUT2D eigenvalue weighted by atomic mass is 16.6. The molecule has 0 fully saturated rings. The monoisotopic (exact) mass is 975 g/mol. The van der Waals surface area contributed by atoms with E-state index in [2.05, 4.69) is 106 Å². The molecule has 0 bridgehead atoms. The minimum atomic E-state index is -0.781. The van der Waals surface area contributed by atoms with Crippen molar-refractivity contribution >= 4 is 17.9 Å². The highest BCUT2D eigenvalue weighted by molar-refractivity contribution is 5.71. The minimum Gasteiger partial charge on any atom is -0.462 e. The molecule has 0 aromatic rings. The molecule has 0 aromatic heterocycles. The molecule has 0 aliphatic carbocycles. The van der Waals surface area contributed by atoms with Crippen LogP contribution in [0.1, 0.15) is 284 Å². The molecule has 1 unspecified atom stereocenters. The molecule has 0 rings (SSSR count). The van der Waals surface area contributed by atoms with E-state index >= 15 is 0 Å². The second-order valence-electron chi connectivity index (χ2n) is 19.5. The first-order valence-electron chi connectivity index (χ1n) is 29.6. The normalized spacial score (nSPS) is 12.7. The Kier molecular flexibility index (Phi) is 55.3. The number of rotatable bonds is 53. The predicted molar refractivity (Wildman–Crippen MR) is 302 cm³/mol. The molecule has 0 saturated heterocycles. The number of hydrogen-bond acceptors (Lipinski definition) is 6. The summed E-state index contributed by atoms with van der Waals surface area (Å²) >= 11 is 0. The molecule has 0 amide bonds. The van der Waals surface area contributed by atoms with Crippen LogP contribution in [-0.4, -0.2) is 37.2 Å². The van der Waals surface area contributed by atoms with Gasteiger partial charge < -0.3 is 14.2 Å². The van der Waals surface area contributed by atoms with E-state index in [9.17, 15) is 14.4 Å². The molecule has 0 aromatic carbocycles. The van der Waals surface area contributed by atoms with E-state index in [-0.39, 0.29) is 31.1 Å². The van der Waals surface area contributed by atoms with Crippen molar-refractivity contribution in [3.05, 3.63) is 85.1 Å². The van der Waals surface area contributed by atoms with E-state index in [4.69, 9.17) is 14.2 Å². The van der Waals surface area contributed by atoms with Crippen LogP contribution in [0.3, 0.4) is 0 Å². The van der Waals surface area contributed by atoms with Gasteiger partial charge in [-0.05, 0) is 77.0 Å². The van der Waals surface area contributed by atoms with E-state index in [0.29, 0.717) is 19.3 Å². The fourth-order valence-corrected chi connectivity index (χ4v) is 8.25. The van der Waals surface area contributed by atoms with Crippen molar-refractivity contribution in [3.8, 4) is 0 Å². The van der Waals surface area contributed by atoms with E-state index in [1.165, 1.54) is 122 Å². The summed E-state index contributed by atoms with van der Waals surface area (Å²) in [6.07, 6.45) is 75.7. The standard InChI is InChI=1S/C64H110O6/c1-4-7-10-13-16-19-22-25-26-27-28-29-30-31-32-33-34-35-36-37-38-40-42-45-48-51-54-57-63(66)69-60-61(59-68-62(65)56-53-50-47-44-41-24-21-18-15-12-9-6-3)70-64(67)58-55-52-49-46-43-39-23-20-17-14-11-8-5-2/h7,10,16,19,25-26,28-29,31-32,34-35,37-38,61H,4-6,8-9,11-15,17-18,20-24,27,30,33,36,39-60H2,1-3H3/b10-7-,19-16-,26-25-,29-28-,32-31-,35-34-,38-37-. The maximum absolute atomic E-state index is 12.8. The lowest BCUT2D eigenvalue weighted by atomic mass is 10.0. The zero-order valence-electron chi connectivity index (χ0n) is 46.0. The molecule has 0 aliphatic rings. The highest BCUT2D eigenvalue weighted by Gasteiger charge is 2.19. The Morgan fingerprint density at radius 1 is 0.300 bits per heavy atom. The molecule has 0 N–H and O–H groups in total. The van der Waals surface area contributed by atoms with Crippen molar-refractivity contribution in [1.29, 1.82) is 0 Å². The smallest absolute Gasteiger partial charge is 0.306 e. The van der Waals surface area contributed by atoms with Gasteiger partial charge in [0.1, 0.15) is 13.2 Å². The third kappa shape index (κ3) is 55.5. The SMILES string of the molecule is CC/C=C\C/C=C\C/C=C\C/C=C\C/C=C\C/C=C\C/C=C\CCCCCCCC(=O)OCC(COC(=O)CCCCCCCCCCCCCC)OC(=O)CCCCCCCCCCCCCCC. The third-order valence-electron chi connectivity index (χ3n) is 12.7. The first kappa shape index (κ1) is 66.6. The minimum absolute atomic E-state index is 0.0788. The number of ether oxygens (including phenoxy) is 3. The van der Waals surface area contributed by atoms with Crippen LogP contribution in [0, 0.1) is 0 Å². The van der Waals surface area contributed by atoms with Gasteiger partial charge in [0.05, 0.1) is 0 Å². The van der Waals surface area contributed by atoms with Gasteiger partial charge in [0.15, 0.2) is 6.10 Å². The number of hydrogen-bond donors (Lipinski definition) is 0. The molecule has 6 heteroatoms. The van der Waals surface area contributed by atoms with Crippen LogP contribution in [0.4, 0.5) is 0 Å². The van der Waals surface area contributed by atoms with Gasteiger partial charge in [-0.2, -0.15) is 0 Å². The van der Waals surface area contributed by atoms with Crippen LogP contribution in [0.15, 0.2) is 85.1 Å².